The molecule has 1 aliphatic rings. The number of aromatic nitrogens is 2. The fraction of sp³-hybridized carbons (Fsp3) is 0.556. The topological polar surface area (TPSA) is 49.0 Å². The zero-order valence-corrected chi connectivity index (χ0v) is 7.66. The number of carbonyl (C=O) groups is 1. The maximum atomic E-state index is 11.2. The molecule has 1 saturated heterocycles. The van der Waals surface area contributed by atoms with Gasteiger partial charge in [-0.15, -0.1) is 0 Å². The zero-order chi connectivity index (χ0) is 9.26. The van der Waals surface area contributed by atoms with E-state index in [-0.39, 0.29) is 5.91 Å². The van der Waals surface area contributed by atoms with Gasteiger partial charge in [-0.25, -0.2) is 0 Å². The Morgan fingerprint density at radius 1 is 1.69 bits per heavy atom. The van der Waals surface area contributed by atoms with Crippen molar-refractivity contribution in [3.8, 4) is 0 Å². The van der Waals surface area contributed by atoms with Gasteiger partial charge in [-0.2, -0.15) is 5.10 Å². The SMILES string of the molecule is CN1CC(c2ccn[nH]2)CCC1=O. The summed E-state index contributed by atoms with van der Waals surface area (Å²) in [4.78, 5) is 13.0. The quantitative estimate of drug-likeness (QED) is 0.691. The van der Waals surface area contributed by atoms with Crippen LogP contribution in [0.5, 0.6) is 0 Å². The van der Waals surface area contributed by atoms with Crippen LogP contribution in [-0.4, -0.2) is 34.6 Å². The van der Waals surface area contributed by atoms with Gasteiger partial charge in [0.2, 0.25) is 5.91 Å². The van der Waals surface area contributed by atoms with Crippen molar-refractivity contribution >= 4 is 5.91 Å². The van der Waals surface area contributed by atoms with Crippen LogP contribution in [0.25, 0.3) is 0 Å². The lowest BCUT2D eigenvalue weighted by Gasteiger charge is -2.28. The maximum Gasteiger partial charge on any atom is 0.222 e. The number of amides is 1. The van der Waals surface area contributed by atoms with Crippen molar-refractivity contribution in [2.24, 2.45) is 0 Å². The number of hydrogen-bond acceptors (Lipinski definition) is 2. The van der Waals surface area contributed by atoms with Crippen molar-refractivity contribution in [1.29, 1.82) is 0 Å². The van der Waals surface area contributed by atoms with Crippen LogP contribution in [-0.2, 0) is 4.79 Å². The molecule has 1 aromatic heterocycles. The Hall–Kier alpha value is -1.32. The van der Waals surface area contributed by atoms with Gasteiger partial charge in [-0.05, 0) is 12.5 Å². The molecule has 1 aliphatic heterocycles. The molecule has 1 fully saturated rings. The summed E-state index contributed by atoms with van der Waals surface area (Å²) in [5.74, 6) is 0.681. The molecule has 0 radical (unpaired) electrons. The Morgan fingerprint density at radius 2 is 2.54 bits per heavy atom. The highest BCUT2D eigenvalue weighted by molar-refractivity contribution is 5.76. The first kappa shape index (κ1) is 8.29. The maximum absolute atomic E-state index is 11.2. The van der Waals surface area contributed by atoms with Gasteiger partial charge in [-0.1, -0.05) is 0 Å². The third-order valence-electron chi connectivity index (χ3n) is 2.59. The summed E-state index contributed by atoms with van der Waals surface area (Å²) in [5.41, 5.74) is 1.14. The molecule has 0 saturated carbocycles. The molecule has 1 unspecified atom stereocenters. The molecule has 0 aliphatic carbocycles. The van der Waals surface area contributed by atoms with Gasteiger partial charge in [0.15, 0.2) is 0 Å². The van der Waals surface area contributed by atoms with Crippen LogP contribution in [0.4, 0.5) is 0 Å². The summed E-state index contributed by atoms with van der Waals surface area (Å²) in [6, 6.07) is 1.98. The minimum absolute atomic E-state index is 0.246. The van der Waals surface area contributed by atoms with Crippen LogP contribution < -0.4 is 0 Å². The van der Waals surface area contributed by atoms with E-state index in [4.69, 9.17) is 0 Å². The average Bonchev–Trinajstić information content (AvgIpc) is 2.62. The molecule has 1 amide bonds. The molecule has 2 heterocycles. The van der Waals surface area contributed by atoms with E-state index >= 15 is 0 Å². The molecule has 70 valence electrons. The van der Waals surface area contributed by atoms with Crippen molar-refractivity contribution in [3.63, 3.8) is 0 Å². The predicted molar refractivity (Wildman–Crippen MR) is 48.2 cm³/mol. The molecule has 0 aromatic carbocycles. The van der Waals surface area contributed by atoms with Crippen molar-refractivity contribution in [1.82, 2.24) is 15.1 Å². The molecule has 4 nitrogen and oxygen atoms in total. The molecule has 2 rings (SSSR count). The lowest BCUT2D eigenvalue weighted by atomic mass is 9.95. The number of likely N-dealkylation sites (N-methyl/N-ethyl adjacent to an activating group) is 1. The smallest absolute Gasteiger partial charge is 0.222 e. The monoisotopic (exact) mass is 179 g/mol. The highest BCUT2D eigenvalue weighted by Gasteiger charge is 2.24. The summed E-state index contributed by atoms with van der Waals surface area (Å²) < 4.78 is 0. The minimum atomic E-state index is 0.246. The second kappa shape index (κ2) is 3.20. The number of likely N-dealkylation sites (tertiary alicyclic amines) is 1. The molecule has 13 heavy (non-hydrogen) atoms. The van der Waals surface area contributed by atoms with Gasteiger partial charge in [-0.3, -0.25) is 9.89 Å². The van der Waals surface area contributed by atoms with Crippen molar-refractivity contribution in [2.75, 3.05) is 13.6 Å². The average molecular weight is 179 g/mol. The number of nitrogens with one attached hydrogen (secondary N) is 1. The van der Waals surface area contributed by atoms with Crippen LogP contribution in [0.15, 0.2) is 12.3 Å². The van der Waals surface area contributed by atoms with Gasteiger partial charge < -0.3 is 4.90 Å². The normalized spacial score (nSPS) is 23.6. The number of aromatic amines is 1. The van der Waals surface area contributed by atoms with Crippen molar-refractivity contribution in [2.45, 2.75) is 18.8 Å². The zero-order valence-electron chi connectivity index (χ0n) is 7.66. The predicted octanol–water partition coefficient (Wildman–Crippen LogP) is 0.745. The minimum Gasteiger partial charge on any atom is -0.345 e. The molecule has 0 spiro atoms. The van der Waals surface area contributed by atoms with Crippen LogP contribution >= 0.6 is 0 Å². The summed E-state index contributed by atoms with van der Waals surface area (Å²) in [6.45, 7) is 0.807. The number of piperidine rings is 1. The summed E-state index contributed by atoms with van der Waals surface area (Å²) >= 11 is 0. The van der Waals surface area contributed by atoms with Crippen LogP contribution in [0, 0.1) is 0 Å². The molecule has 1 aromatic rings. The molecule has 1 atom stereocenters. The Labute approximate surface area is 76.9 Å². The van der Waals surface area contributed by atoms with E-state index in [9.17, 15) is 4.79 Å². The van der Waals surface area contributed by atoms with Crippen LogP contribution in [0.2, 0.25) is 0 Å². The first-order valence-electron chi connectivity index (χ1n) is 4.50. The number of H-pyrrole nitrogens is 1. The lowest BCUT2D eigenvalue weighted by Crippen LogP contribution is -2.35. The van der Waals surface area contributed by atoms with Gasteiger partial charge in [0.25, 0.3) is 0 Å². The molecule has 1 N–H and O–H groups in total. The highest BCUT2D eigenvalue weighted by Crippen LogP contribution is 2.24. The first-order valence-corrected chi connectivity index (χ1v) is 4.50. The molecule has 4 heteroatoms. The first-order chi connectivity index (χ1) is 6.27. The summed E-state index contributed by atoms with van der Waals surface area (Å²) in [6.07, 6.45) is 3.34. The van der Waals surface area contributed by atoms with E-state index in [1.807, 2.05) is 13.1 Å². The molecule has 0 bridgehead atoms. The second-order valence-electron chi connectivity index (χ2n) is 3.52. The highest BCUT2D eigenvalue weighted by atomic mass is 16.2. The largest absolute Gasteiger partial charge is 0.345 e. The standard InChI is InChI=1S/C9H13N3O/c1-12-6-7(2-3-9(12)13)8-4-5-10-11-8/h4-5,7H,2-3,6H2,1H3,(H,10,11). The van der Waals surface area contributed by atoms with E-state index in [0.717, 1.165) is 18.7 Å². The Bertz CT molecular complexity index is 294. The fourth-order valence-corrected chi connectivity index (χ4v) is 1.76. The second-order valence-corrected chi connectivity index (χ2v) is 3.52. The van der Waals surface area contributed by atoms with Gasteiger partial charge in [0, 0.05) is 37.8 Å². The number of hydrogen-bond donors (Lipinski definition) is 1. The van der Waals surface area contributed by atoms with E-state index in [0.29, 0.717) is 12.3 Å². The summed E-state index contributed by atoms with van der Waals surface area (Å²) in [5, 5.41) is 6.87. The molecular weight excluding hydrogens is 166 g/mol. The van der Waals surface area contributed by atoms with Crippen LogP contribution in [0.3, 0.4) is 0 Å². The Morgan fingerprint density at radius 3 is 3.15 bits per heavy atom. The van der Waals surface area contributed by atoms with Gasteiger partial charge in [0.05, 0.1) is 0 Å². The van der Waals surface area contributed by atoms with Gasteiger partial charge >= 0.3 is 0 Å². The van der Waals surface area contributed by atoms with E-state index in [2.05, 4.69) is 10.2 Å². The van der Waals surface area contributed by atoms with E-state index < -0.39 is 0 Å². The number of rotatable bonds is 1. The number of carbonyl (C=O) groups excluding carboxylic acids is 1. The number of nitrogens with zero attached hydrogens (tertiary/aromatic N) is 2. The molecular formula is C9H13N3O. The van der Waals surface area contributed by atoms with Crippen LogP contribution in [0.1, 0.15) is 24.5 Å². The third-order valence-corrected chi connectivity index (χ3v) is 2.59. The lowest BCUT2D eigenvalue weighted by molar-refractivity contribution is -0.132. The summed E-state index contributed by atoms with van der Waals surface area (Å²) in [7, 11) is 1.85. The van der Waals surface area contributed by atoms with Gasteiger partial charge in [0.1, 0.15) is 0 Å². The third kappa shape index (κ3) is 1.56. The van der Waals surface area contributed by atoms with E-state index in [1.54, 1.807) is 11.1 Å². The Balaban J connectivity index is 2.07. The van der Waals surface area contributed by atoms with Crippen molar-refractivity contribution in [3.05, 3.63) is 18.0 Å². The van der Waals surface area contributed by atoms with E-state index in [1.165, 1.54) is 0 Å². The Kier molecular flexibility index (Phi) is 2.04. The van der Waals surface area contributed by atoms with Crippen molar-refractivity contribution < 1.29 is 4.79 Å². The fourth-order valence-electron chi connectivity index (χ4n) is 1.76.